The van der Waals surface area contributed by atoms with Crippen LogP contribution in [0.25, 0.3) is 21.5 Å². The molecule has 5 rings (SSSR count). The first-order valence-electron chi connectivity index (χ1n) is 10.9. The standard InChI is InChI=1S/C29H21N3O2/c30-29(31-27(33)24-16-14-20-8-4-6-10-22(20)18-24)32(26-12-2-1-3-13-26)28(34)25-17-15-21-9-5-7-11-23(21)19-25/h1-19H,(H2,30,31,33). The summed E-state index contributed by atoms with van der Waals surface area (Å²) >= 11 is 0. The first kappa shape index (κ1) is 21.1. The van der Waals surface area contributed by atoms with Crippen molar-refractivity contribution in [3.63, 3.8) is 0 Å². The lowest BCUT2D eigenvalue weighted by Gasteiger charge is -2.24. The van der Waals surface area contributed by atoms with Crippen molar-refractivity contribution in [1.82, 2.24) is 5.32 Å². The summed E-state index contributed by atoms with van der Waals surface area (Å²) in [7, 11) is 0. The van der Waals surface area contributed by atoms with Gasteiger partial charge in [-0.05, 0) is 57.9 Å². The number of rotatable bonds is 3. The Labute approximate surface area is 196 Å². The summed E-state index contributed by atoms with van der Waals surface area (Å²) in [6.45, 7) is 0. The fourth-order valence-electron chi connectivity index (χ4n) is 3.94. The van der Waals surface area contributed by atoms with Gasteiger partial charge in [0.1, 0.15) is 0 Å². The lowest BCUT2D eigenvalue weighted by molar-refractivity contribution is 0.0975. The third-order valence-electron chi connectivity index (χ3n) is 5.68. The molecule has 0 aromatic heterocycles. The number of guanidine groups is 1. The topological polar surface area (TPSA) is 73.3 Å². The highest BCUT2D eigenvalue weighted by atomic mass is 16.2. The SMILES string of the molecule is N=C(NC(=O)c1ccc2ccccc2c1)N(C(=O)c1ccc2ccccc2c1)c1ccccc1. The van der Waals surface area contributed by atoms with Gasteiger partial charge in [-0.15, -0.1) is 0 Å². The van der Waals surface area contributed by atoms with Gasteiger partial charge in [0.25, 0.3) is 11.8 Å². The molecule has 0 atom stereocenters. The van der Waals surface area contributed by atoms with E-state index in [4.69, 9.17) is 5.41 Å². The van der Waals surface area contributed by atoms with Gasteiger partial charge in [0.15, 0.2) is 0 Å². The Hall–Kier alpha value is -4.77. The van der Waals surface area contributed by atoms with Crippen molar-refractivity contribution in [3.05, 3.63) is 126 Å². The summed E-state index contributed by atoms with van der Waals surface area (Å²) in [5.74, 6) is -1.17. The first-order chi connectivity index (χ1) is 16.6. The predicted molar refractivity (Wildman–Crippen MR) is 136 cm³/mol. The molecule has 0 saturated carbocycles. The molecule has 2 amide bonds. The summed E-state index contributed by atoms with van der Waals surface area (Å²) in [6, 6.07) is 35.1. The van der Waals surface area contributed by atoms with Gasteiger partial charge in [0.2, 0.25) is 5.96 Å². The fourth-order valence-corrected chi connectivity index (χ4v) is 3.94. The molecule has 0 radical (unpaired) electrons. The molecule has 0 fully saturated rings. The van der Waals surface area contributed by atoms with Crippen LogP contribution in [0.2, 0.25) is 0 Å². The second-order valence-electron chi connectivity index (χ2n) is 7.90. The molecule has 2 N–H and O–H groups in total. The number of carbonyl (C=O) groups is 2. The van der Waals surface area contributed by atoms with Crippen LogP contribution in [0.15, 0.2) is 115 Å². The number of nitrogens with one attached hydrogen (secondary N) is 2. The van der Waals surface area contributed by atoms with Crippen LogP contribution < -0.4 is 10.2 Å². The summed E-state index contributed by atoms with van der Waals surface area (Å²) in [4.78, 5) is 27.7. The molecular formula is C29H21N3O2. The molecule has 0 bridgehead atoms. The maximum atomic E-state index is 13.6. The Morgan fingerprint density at radius 3 is 1.71 bits per heavy atom. The van der Waals surface area contributed by atoms with Crippen molar-refractivity contribution in [2.45, 2.75) is 0 Å². The highest BCUT2D eigenvalue weighted by Gasteiger charge is 2.24. The molecule has 0 spiro atoms. The van der Waals surface area contributed by atoms with E-state index in [9.17, 15) is 9.59 Å². The third kappa shape index (κ3) is 4.14. The zero-order valence-electron chi connectivity index (χ0n) is 18.2. The number of carbonyl (C=O) groups excluding carboxylic acids is 2. The van der Waals surface area contributed by atoms with E-state index >= 15 is 0 Å². The molecule has 0 heterocycles. The molecule has 5 aromatic carbocycles. The number of fused-ring (bicyclic) bond motifs is 2. The van der Waals surface area contributed by atoms with E-state index in [0.717, 1.165) is 21.5 Å². The minimum Gasteiger partial charge on any atom is -0.292 e. The minimum absolute atomic E-state index is 0.317. The number of benzene rings is 5. The average molecular weight is 444 g/mol. The Bertz CT molecular complexity index is 1540. The van der Waals surface area contributed by atoms with Crippen LogP contribution in [0.3, 0.4) is 0 Å². The van der Waals surface area contributed by atoms with Crippen LogP contribution in [-0.4, -0.2) is 17.8 Å². The van der Waals surface area contributed by atoms with Crippen molar-refractivity contribution in [2.24, 2.45) is 0 Å². The number of amides is 2. The number of nitrogens with zero attached hydrogens (tertiary/aromatic N) is 1. The maximum absolute atomic E-state index is 13.6. The van der Waals surface area contributed by atoms with E-state index in [2.05, 4.69) is 5.32 Å². The normalized spacial score (nSPS) is 10.7. The van der Waals surface area contributed by atoms with Crippen LogP contribution in [0.5, 0.6) is 0 Å². The summed E-state index contributed by atoms with van der Waals surface area (Å²) in [6.07, 6.45) is 0. The summed E-state index contributed by atoms with van der Waals surface area (Å²) in [5, 5.41) is 15.1. The van der Waals surface area contributed by atoms with Crippen LogP contribution >= 0.6 is 0 Å². The van der Waals surface area contributed by atoms with Gasteiger partial charge in [0, 0.05) is 11.1 Å². The molecule has 34 heavy (non-hydrogen) atoms. The zero-order valence-corrected chi connectivity index (χ0v) is 18.2. The first-order valence-corrected chi connectivity index (χ1v) is 10.9. The third-order valence-corrected chi connectivity index (χ3v) is 5.68. The molecule has 5 aromatic rings. The summed E-state index contributed by atoms with van der Waals surface area (Å²) in [5.41, 5.74) is 1.33. The molecular weight excluding hydrogens is 422 g/mol. The van der Waals surface area contributed by atoms with Crippen molar-refractivity contribution in [1.29, 1.82) is 5.41 Å². The van der Waals surface area contributed by atoms with Gasteiger partial charge >= 0.3 is 0 Å². The Morgan fingerprint density at radius 1 is 0.588 bits per heavy atom. The predicted octanol–water partition coefficient (Wildman–Crippen LogP) is 6.00. The van der Waals surface area contributed by atoms with Crippen LogP contribution in [0.4, 0.5) is 5.69 Å². The number of anilines is 1. The van der Waals surface area contributed by atoms with E-state index in [-0.39, 0.29) is 5.96 Å². The monoisotopic (exact) mass is 443 g/mol. The van der Waals surface area contributed by atoms with Crippen molar-refractivity contribution in [3.8, 4) is 0 Å². The molecule has 0 aliphatic carbocycles. The van der Waals surface area contributed by atoms with Gasteiger partial charge in [-0.2, -0.15) is 0 Å². The van der Waals surface area contributed by atoms with Crippen molar-refractivity contribution >= 4 is 45.0 Å². The highest BCUT2D eigenvalue weighted by Crippen LogP contribution is 2.21. The van der Waals surface area contributed by atoms with Crippen molar-refractivity contribution < 1.29 is 9.59 Å². The van der Waals surface area contributed by atoms with Crippen LogP contribution in [0, 0.1) is 5.41 Å². The average Bonchev–Trinajstić information content (AvgIpc) is 2.88. The number of hydrogen-bond donors (Lipinski definition) is 2. The second-order valence-corrected chi connectivity index (χ2v) is 7.90. The largest absolute Gasteiger partial charge is 0.292 e. The quantitative estimate of drug-likeness (QED) is 0.265. The molecule has 164 valence electrons. The van der Waals surface area contributed by atoms with E-state index in [1.807, 2.05) is 66.7 Å². The lowest BCUT2D eigenvalue weighted by Crippen LogP contribution is -2.47. The van der Waals surface area contributed by atoms with Crippen LogP contribution in [-0.2, 0) is 0 Å². The van der Waals surface area contributed by atoms with Gasteiger partial charge in [0.05, 0.1) is 5.69 Å². The van der Waals surface area contributed by atoms with E-state index < -0.39 is 11.8 Å². The van der Waals surface area contributed by atoms with Gasteiger partial charge in [-0.1, -0.05) is 78.9 Å². The Balaban J connectivity index is 1.46. The van der Waals surface area contributed by atoms with Crippen LogP contribution in [0.1, 0.15) is 20.7 Å². The summed E-state index contributed by atoms with van der Waals surface area (Å²) < 4.78 is 0. The minimum atomic E-state index is -0.456. The molecule has 5 nitrogen and oxygen atoms in total. The zero-order chi connectivity index (χ0) is 23.5. The van der Waals surface area contributed by atoms with E-state index in [1.54, 1.807) is 48.5 Å². The second kappa shape index (κ2) is 9.00. The van der Waals surface area contributed by atoms with E-state index in [1.165, 1.54) is 4.90 Å². The number of hydrogen-bond acceptors (Lipinski definition) is 3. The molecule has 5 heteroatoms. The molecule has 0 aliphatic heterocycles. The lowest BCUT2D eigenvalue weighted by atomic mass is 10.1. The molecule has 0 saturated heterocycles. The van der Waals surface area contributed by atoms with E-state index in [0.29, 0.717) is 16.8 Å². The Morgan fingerprint density at radius 2 is 1.09 bits per heavy atom. The van der Waals surface area contributed by atoms with Gasteiger partial charge < -0.3 is 0 Å². The highest BCUT2D eigenvalue weighted by molar-refractivity contribution is 6.25. The van der Waals surface area contributed by atoms with Crippen molar-refractivity contribution in [2.75, 3.05) is 4.90 Å². The molecule has 0 unspecified atom stereocenters. The fraction of sp³-hybridized carbons (Fsp3) is 0. The van der Waals surface area contributed by atoms with Gasteiger partial charge in [-0.3, -0.25) is 20.3 Å². The smallest absolute Gasteiger partial charge is 0.265 e. The number of para-hydroxylation sites is 1. The Kier molecular flexibility index (Phi) is 5.58. The maximum Gasteiger partial charge on any atom is 0.265 e. The van der Waals surface area contributed by atoms with Gasteiger partial charge in [-0.25, -0.2) is 4.90 Å². The molecule has 0 aliphatic rings.